The van der Waals surface area contributed by atoms with E-state index in [1.54, 1.807) is 12.1 Å². The Morgan fingerprint density at radius 1 is 1.16 bits per heavy atom. The summed E-state index contributed by atoms with van der Waals surface area (Å²) in [5, 5.41) is 13.1. The van der Waals surface area contributed by atoms with Gasteiger partial charge in [0.15, 0.2) is 0 Å². The zero-order valence-corrected chi connectivity index (χ0v) is 13.2. The van der Waals surface area contributed by atoms with Crippen LogP contribution in [0.2, 0.25) is 0 Å². The molecule has 25 heavy (non-hydrogen) atoms. The number of carbonyl (C=O) groups excluding carboxylic acids is 1. The van der Waals surface area contributed by atoms with Crippen molar-refractivity contribution in [1.82, 2.24) is 15.5 Å². The Morgan fingerprint density at radius 2 is 1.88 bits per heavy atom. The van der Waals surface area contributed by atoms with Gasteiger partial charge in [0.2, 0.25) is 0 Å². The number of rotatable bonds is 3. The molecule has 0 atom stereocenters. The van der Waals surface area contributed by atoms with Gasteiger partial charge in [-0.05, 0) is 36.8 Å². The maximum atomic E-state index is 12.5. The van der Waals surface area contributed by atoms with E-state index in [2.05, 4.69) is 20.8 Å². The minimum Gasteiger partial charge on any atom is -0.334 e. The number of aryl methyl sites for hydroxylation is 1. The molecule has 1 aromatic heterocycles. The van der Waals surface area contributed by atoms with Crippen LogP contribution in [0.3, 0.4) is 0 Å². The van der Waals surface area contributed by atoms with Crippen LogP contribution in [0.25, 0.3) is 10.9 Å². The van der Waals surface area contributed by atoms with Gasteiger partial charge in [-0.1, -0.05) is 18.2 Å². The van der Waals surface area contributed by atoms with Crippen molar-refractivity contribution in [3.05, 3.63) is 59.3 Å². The number of aromatic nitrogens is 2. The van der Waals surface area contributed by atoms with E-state index in [-0.39, 0.29) is 6.54 Å². The summed E-state index contributed by atoms with van der Waals surface area (Å²) in [7, 11) is 0. The van der Waals surface area contributed by atoms with Crippen molar-refractivity contribution < 1.29 is 18.0 Å². The second kappa shape index (κ2) is 6.46. The summed E-state index contributed by atoms with van der Waals surface area (Å²) in [5.41, 5.74) is 2.02. The first-order valence-electron chi connectivity index (χ1n) is 7.49. The zero-order chi connectivity index (χ0) is 18.0. The first-order chi connectivity index (χ1) is 11.8. The number of hydrogen-bond acceptors (Lipinski definition) is 2. The molecule has 130 valence electrons. The molecule has 0 saturated carbocycles. The molecule has 3 N–H and O–H groups in total. The van der Waals surface area contributed by atoms with Gasteiger partial charge in [0.25, 0.3) is 0 Å². The molecule has 0 aliphatic carbocycles. The topological polar surface area (TPSA) is 69.8 Å². The number of alkyl halides is 3. The molecular weight excluding hydrogens is 333 g/mol. The average Bonchev–Trinajstić information content (AvgIpc) is 2.95. The molecule has 2 amide bonds. The molecule has 2 aromatic carbocycles. The predicted molar refractivity (Wildman–Crippen MR) is 88.1 cm³/mol. The summed E-state index contributed by atoms with van der Waals surface area (Å²) in [6, 6.07) is 9.55. The summed E-state index contributed by atoms with van der Waals surface area (Å²) in [4.78, 5) is 12.1. The van der Waals surface area contributed by atoms with Crippen molar-refractivity contribution in [3.63, 3.8) is 0 Å². The van der Waals surface area contributed by atoms with Crippen LogP contribution in [0.1, 0.15) is 16.8 Å². The van der Waals surface area contributed by atoms with Gasteiger partial charge in [-0.2, -0.15) is 18.3 Å². The molecule has 0 bridgehead atoms. The minimum atomic E-state index is -4.37. The fourth-order valence-corrected chi connectivity index (χ4v) is 2.49. The highest BCUT2D eigenvalue weighted by Gasteiger charge is 2.29. The molecule has 3 aromatic rings. The van der Waals surface area contributed by atoms with E-state index in [1.165, 1.54) is 12.1 Å². The van der Waals surface area contributed by atoms with Crippen molar-refractivity contribution in [2.45, 2.75) is 19.6 Å². The number of fused-ring (bicyclic) bond motifs is 1. The van der Waals surface area contributed by atoms with Crippen LogP contribution in [0.5, 0.6) is 0 Å². The number of hydrogen-bond donors (Lipinski definition) is 3. The van der Waals surface area contributed by atoms with Crippen LogP contribution in [0.4, 0.5) is 23.7 Å². The highest BCUT2D eigenvalue weighted by Crippen LogP contribution is 2.29. The van der Waals surface area contributed by atoms with Crippen molar-refractivity contribution in [1.29, 1.82) is 0 Å². The van der Waals surface area contributed by atoms with Crippen molar-refractivity contribution in [2.75, 3.05) is 5.32 Å². The monoisotopic (exact) mass is 348 g/mol. The van der Waals surface area contributed by atoms with Gasteiger partial charge in [0, 0.05) is 17.6 Å². The first-order valence-corrected chi connectivity index (χ1v) is 7.49. The Balaban J connectivity index is 1.64. The van der Waals surface area contributed by atoms with E-state index in [0.29, 0.717) is 11.3 Å². The third-order valence-corrected chi connectivity index (χ3v) is 3.74. The summed E-state index contributed by atoms with van der Waals surface area (Å²) in [6.07, 6.45) is -4.37. The fourth-order valence-electron chi connectivity index (χ4n) is 2.49. The maximum absolute atomic E-state index is 12.5. The van der Waals surface area contributed by atoms with Crippen LogP contribution >= 0.6 is 0 Å². The number of benzene rings is 2. The van der Waals surface area contributed by atoms with E-state index in [0.717, 1.165) is 28.7 Å². The lowest BCUT2D eigenvalue weighted by atomic mass is 10.1. The lowest BCUT2D eigenvalue weighted by Gasteiger charge is -2.10. The van der Waals surface area contributed by atoms with Crippen molar-refractivity contribution in [2.24, 2.45) is 0 Å². The molecule has 3 rings (SSSR count). The van der Waals surface area contributed by atoms with Gasteiger partial charge in [-0.3, -0.25) is 5.10 Å². The van der Waals surface area contributed by atoms with Crippen LogP contribution in [0, 0.1) is 6.92 Å². The number of amides is 2. The molecule has 0 radical (unpaired) electrons. The maximum Gasteiger partial charge on any atom is 0.416 e. The number of nitrogens with zero attached hydrogens (tertiary/aromatic N) is 1. The van der Waals surface area contributed by atoms with Gasteiger partial charge in [-0.25, -0.2) is 4.79 Å². The third-order valence-electron chi connectivity index (χ3n) is 3.74. The summed E-state index contributed by atoms with van der Waals surface area (Å²) < 4.78 is 37.6. The molecule has 0 aliphatic rings. The lowest BCUT2D eigenvalue weighted by Crippen LogP contribution is -2.28. The second-order valence-corrected chi connectivity index (χ2v) is 5.55. The van der Waals surface area contributed by atoms with Crippen molar-refractivity contribution in [3.8, 4) is 0 Å². The number of aromatic amines is 1. The van der Waals surface area contributed by atoms with Crippen LogP contribution in [0.15, 0.2) is 42.5 Å². The SMILES string of the molecule is Cc1[nH]nc2cccc(NC(=O)NCc3ccc(C(F)(F)F)cc3)c12. The fraction of sp³-hybridized carbons (Fsp3) is 0.176. The molecule has 1 heterocycles. The molecule has 5 nitrogen and oxygen atoms in total. The molecule has 0 spiro atoms. The number of H-pyrrole nitrogens is 1. The second-order valence-electron chi connectivity index (χ2n) is 5.55. The van der Waals surface area contributed by atoms with Crippen LogP contribution in [-0.4, -0.2) is 16.2 Å². The quantitative estimate of drug-likeness (QED) is 0.663. The van der Waals surface area contributed by atoms with E-state index in [9.17, 15) is 18.0 Å². The van der Waals surface area contributed by atoms with Crippen molar-refractivity contribution >= 4 is 22.6 Å². The zero-order valence-electron chi connectivity index (χ0n) is 13.2. The third kappa shape index (κ3) is 3.73. The molecule has 0 unspecified atom stereocenters. The molecule has 0 saturated heterocycles. The van der Waals surface area contributed by atoms with E-state index >= 15 is 0 Å². The molecule has 0 fully saturated rings. The average molecular weight is 348 g/mol. The van der Waals surface area contributed by atoms with E-state index in [1.807, 2.05) is 13.0 Å². The lowest BCUT2D eigenvalue weighted by molar-refractivity contribution is -0.137. The van der Waals surface area contributed by atoms with Gasteiger partial charge in [0.1, 0.15) is 0 Å². The van der Waals surface area contributed by atoms with Crippen LogP contribution < -0.4 is 10.6 Å². The predicted octanol–water partition coefficient (Wildman–Crippen LogP) is 4.21. The Morgan fingerprint density at radius 3 is 2.56 bits per heavy atom. The highest BCUT2D eigenvalue weighted by atomic mass is 19.4. The standard InChI is InChI=1S/C17H15F3N4O/c1-10-15-13(3-2-4-14(15)24-23-10)22-16(25)21-9-11-5-7-12(8-6-11)17(18,19)20/h2-8H,9H2,1H3,(H,23,24)(H2,21,22,25). The number of halogens is 3. The van der Waals surface area contributed by atoms with Gasteiger partial charge in [0.05, 0.1) is 16.8 Å². The molecular formula is C17H15F3N4O. The van der Waals surface area contributed by atoms with Gasteiger partial charge in [-0.15, -0.1) is 0 Å². The van der Waals surface area contributed by atoms with E-state index < -0.39 is 17.8 Å². The largest absolute Gasteiger partial charge is 0.416 e. The summed E-state index contributed by atoms with van der Waals surface area (Å²) in [5.74, 6) is 0. The minimum absolute atomic E-state index is 0.115. The summed E-state index contributed by atoms with van der Waals surface area (Å²) in [6.45, 7) is 1.96. The van der Waals surface area contributed by atoms with Crippen LogP contribution in [-0.2, 0) is 12.7 Å². The smallest absolute Gasteiger partial charge is 0.334 e. The number of anilines is 1. The number of urea groups is 1. The highest BCUT2D eigenvalue weighted by molar-refractivity contribution is 6.01. The summed E-state index contributed by atoms with van der Waals surface area (Å²) >= 11 is 0. The Bertz CT molecular complexity index is 900. The molecule has 0 aliphatic heterocycles. The Hall–Kier alpha value is -3.03. The molecule has 8 heteroatoms. The van der Waals surface area contributed by atoms with Gasteiger partial charge < -0.3 is 10.6 Å². The van der Waals surface area contributed by atoms with Gasteiger partial charge >= 0.3 is 12.2 Å². The number of carbonyl (C=O) groups is 1. The van der Waals surface area contributed by atoms with E-state index in [4.69, 9.17) is 0 Å². The Labute approximate surface area is 141 Å². The number of nitrogens with one attached hydrogen (secondary N) is 3. The normalized spacial score (nSPS) is 11.5. The first kappa shape index (κ1) is 16.8. The Kier molecular flexibility index (Phi) is 4.35.